The van der Waals surface area contributed by atoms with Gasteiger partial charge in [-0.05, 0) is 13.0 Å². The number of carboxylic acids is 1. The van der Waals surface area contributed by atoms with Gasteiger partial charge in [0.05, 0.1) is 11.8 Å². The van der Waals surface area contributed by atoms with Gasteiger partial charge in [-0.15, -0.1) is 11.3 Å². The highest BCUT2D eigenvalue weighted by molar-refractivity contribution is 7.18. The Labute approximate surface area is 108 Å². The summed E-state index contributed by atoms with van der Waals surface area (Å²) in [5, 5.41) is 9.82. The summed E-state index contributed by atoms with van der Waals surface area (Å²) in [4.78, 5) is 23.6. The van der Waals surface area contributed by atoms with E-state index in [0.717, 1.165) is 29.1 Å². The van der Waals surface area contributed by atoms with E-state index in [4.69, 9.17) is 5.11 Å². The molecule has 3 heterocycles. The molecule has 1 aliphatic heterocycles. The molecular weight excluding hydrogens is 250 g/mol. The molecule has 0 unspecified atom stereocenters. The van der Waals surface area contributed by atoms with Crippen LogP contribution in [0.1, 0.15) is 11.3 Å². The number of anilines is 1. The van der Waals surface area contributed by atoms with E-state index in [9.17, 15) is 4.79 Å². The Kier molecular flexibility index (Phi) is 2.66. The lowest BCUT2D eigenvalue weighted by molar-refractivity contribution is -0.138. The van der Waals surface area contributed by atoms with Crippen molar-refractivity contribution in [3.05, 3.63) is 17.3 Å². The van der Waals surface area contributed by atoms with Crippen LogP contribution in [-0.2, 0) is 4.79 Å². The summed E-state index contributed by atoms with van der Waals surface area (Å²) in [6.45, 7) is 3.60. The van der Waals surface area contributed by atoms with E-state index >= 15 is 0 Å². The summed E-state index contributed by atoms with van der Waals surface area (Å²) in [6, 6.07) is 2.10. The summed E-state index contributed by atoms with van der Waals surface area (Å²) >= 11 is 1.66. The van der Waals surface area contributed by atoms with E-state index in [1.54, 1.807) is 17.7 Å². The minimum Gasteiger partial charge on any atom is -0.481 e. The van der Waals surface area contributed by atoms with Crippen molar-refractivity contribution in [2.75, 3.05) is 18.0 Å². The average molecular weight is 263 g/mol. The number of carbonyl (C=O) groups is 1. The smallest absolute Gasteiger partial charge is 0.303 e. The minimum absolute atomic E-state index is 0.243. The van der Waals surface area contributed by atoms with Crippen LogP contribution in [-0.4, -0.2) is 34.1 Å². The predicted octanol–water partition coefficient (Wildman–Crippen LogP) is 1.91. The fourth-order valence-electron chi connectivity index (χ4n) is 2.33. The normalized spacial score (nSPS) is 15.9. The first-order chi connectivity index (χ1) is 8.63. The first-order valence-corrected chi connectivity index (χ1v) is 6.63. The highest BCUT2D eigenvalue weighted by atomic mass is 32.1. The number of rotatable bonds is 3. The monoisotopic (exact) mass is 263 g/mol. The number of thiophene rings is 1. The van der Waals surface area contributed by atoms with Crippen LogP contribution < -0.4 is 4.90 Å². The Morgan fingerprint density at radius 3 is 3.06 bits per heavy atom. The summed E-state index contributed by atoms with van der Waals surface area (Å²) < 4.78 is 0. The highest BCUT2D eigenvalue weighted by Crippen LogP contribution is 2.33. The number of carboxylic acid groups (broad SMARTS) is 1. The molecule has 1 aliphatic rings. The van der Waals surface area contributed by atoms with Crippen molar-refractivity contribution in [1.82, 2.24) is 9.97 Å². The van der Waals surface area contributed by atoms with Crippen molar-refractivity contribution in [2.24, 2.45) is 5.92 Å². The zero-order valence-electron chi connectivity index (χ0n) is 9.96. The van der Waals surface area contributed by atoms with Gasteiger partial charge in [0.1, 0.15) is 17.0 Å². The molecule has 94 valence electrons. The topological polar surface area (TPSA) is 66.3 Å². The molecule has 0 spiro atoms. The van der Waals surface area contributed by atoms with Crippen LogP contribution in [0, 0.1) is 12.8 Å². The third-order valence-electron chi connectivity index (χ3n) is 3.15. The first-order valence-electron chi connectivity index (χ1n) is 5.81. The van der Waals surface area contributed by atoms with Crippen molar-refractivity contribution in [1.29, 1.82) is 0 Å². The molecule has 0 atom stereocenters. The van der Waals surface area contributed by atoms with Crippen LogP contribution in [0.4, 0.5) is 5.82 Å². The van der Waals surface area contributed by atoms with Gasteiger partial charge in [-0.3, -0.25) is 4.79 Å². The summed E-state index contributed by atoms with van der Waals surface area (Å²) in [5.41, 5.74) is 0. The molecule has 1 fully saturated rings. The molecule has 0 aliphatic carbocycles. The van der Waals surface area contributed by atoms with E-state index in [-0.39, 0.29) is 12.3 Å². The predicted molar refractivity (Wildman–Crippen MR) is 70.1 cm³/mol. The van der Waals surface area contributed by atoms with Crippen molar-refractivity contribution < 1.29 is 9.90 Å². The summed E-state index contributed by atoms with van der Waals surface area (Å²) in [5.74, 6) is 0.456. The van der Waals surface area contributed by atoms with Gasteiger partial charge in [0.25, 0.3) is 0 Å². The molecule has 0 saturated carbocycles. The van der Waals surface area contributed by atoms with Crippen molar-refractivity contribution in [2.45, 2.75) is 13.3 Å². The Hall–Kier alpha value is -1.69. The van der Waals surface area contributed by atoms with Gasteiger partial charge in [0.15, 0.2) is 0 Å². The Morgan fingerprint density at radius 2 is 2.33 bits per heavy atom. The lowest BCUT2D eigenvalue weighted by atomic mass is 9.96. The maximum Gasteiger partial charge on any atom is 0.303 e. The fraction of sp³-hybridized carbons (Fsp3) is 0.417. The average Bonchev–Trinajstić information content (AvgIpc) is 2.62. The Morgan fingerprint density at radius 1 is 1.56 bits per heavy atom. The van der Waals surface area contributed by atoms with E-state index in [1.807, 2.05) is 0 Å². The second-order valence-electron chi connectivity index (χ2n) is 4.64. The Bertz CT molecular complexity index is 604. The van der Waals surface area contributed by atoms with E-state index in [1.165, 1.54) is 4.88 Å². The quantitative estimate of drug-likeness (QED) is 0.916. The van der Waals surface area contributed by atoms with E-state index in [0.29, 0.717) is 0 Å². The molecule has 6 heteroatoms. The molecule has 3 rings (SSSR count). The SMILES string of the molecule is Cc1cc2c(N3CC(CC(=O)O)C3)ncnc2s1. The third kappa shape index (κ3) is 1.92. The molecule has 2 aromatic heterocycles. The number of hydrogen-bond donors (Lipinski definition) is 1. The number of aliphatic carboxylic acids is 1. The third-order valence-corrected chi connectivity index (χ3v) is 4.11. The van der Waals surface area contributed by atoms with E-state index in [2.05, 4.69) is 27.9 Å². The van der Waals surface area contributed by atoms with Crippen molar-refractivity contribution in [3.63, 3.8) is 0 Å². The minimum atomic E-state index is -0.723. The maximum absolute atomic E-state index is 10.6. The molecule has 18 heavy (non-hydrogen) atoms. The molecule has 1 saturated heterocycles. The van der Waals surface area contributed by atoms with Crippen LogP contribution in [0.2, 0.25) is 0 Å². The molecule has 0 aromatic carbocycles. The molecule has 5 nitrogen and oxygen atoms in total. The zero-order chi connectivity index (χ0) is 12.7. The molecule has 0 amide bonds. The second kappa shape index (κ2) is 4.20. The van der Waals surface area contributed by atoms with Gasteiger partial charge < -0.3 is 10.0 Å². The number of aryl methyl sites for hydroxylation is 1. The number of fused-ring (bicyclic) bond motifs is 1. The number of aromatic nitrogens is 2. The molecule has 0 bridgehead atoms. The van der Waals surface area contributed by atoms with Gasteiger partial charge in [-0.2, -0.15) is 0 Å². The van der Waals surface area contributed by atoms with Gasteiger partial charge in [0, 0.05) is 23.9 Å². The summed E-state index contributed by atoms with van der Waals surface area (Å²) in [6.07, 6.45) is 1.82. The maximum atomic E-state index is 10.6. The highest BCUT2D eigenvalue weighted by Gasteiger charge is 2.30. The van der Waals surface area contributed by atoms with E-state index < -0.39 is 5.97 Å². The van der Waals surface area contributed by atoms with Gasteiger partial charge in [-0.1, -0.05) is 0 Å². The number of nitrogens with zero attached hydrogens (tertiary/aromatic N) is 3. The van der Waals surface area contributed by atoms with Crippen LogP contribution in [0.25, 0.3) is 10.2 Å². The lowest BCUT2D eigenvalue weighted by Gasteiger charge is -2.39. The first kappa shape index (κ1) is 11.4. The number of hydrogen-bond acceptors (Lipinski definition) is 5. The van der Waals surface area contributed by atoms with Gasteiger partial charge >= 0.3 is 5.97 Å². The molecule has 2 aromatic rings. The molecule has 0 radical (unpaired) electrons. The fourth-order valence-corrected chi connectivity index (χ4v) is 3.18. The van der Waals surface area contributed by atoms with Gasteiger partial charge in [0.2, 0.25) is 0 Å². The van der Waals surface area contributed by atoms with Crippen LogP contribution in [0.5, 0.6) is 0 Å². The van der Waals surface area contributed by atoms with Gasteiger partial charge in [-0.25, -0.2) is 9.97 Å². The van der Waals surface area contributed by atoms with Crippen LogP contribution in [0.15, 0.2) is 12.4 Å². The lowest BCUT2D eigenvalue weighted by Crippen LogP contribution is -2.48. The largest absolute Gasteiger partial charge is 0.481 e. The van der Waals surface area contributed by atoms with Crippen molar-refractivity contribution >= 4 is 33.3 Å². The zero-order valence-corrected chi connectivity index (χ0v) is 10.8. The Balaban J connectivity index is 1.82. The second-order valence-corrected chi connectivity index (χ2v) is 5.88. The molecule has 1 N–H and O–H groups in total. The van der Waals surface area contributed by atoms with Crippen molar-refractivity contribution in [3.8, 4) is 0 Å². The standard InChI is InChI=1S/C12H13N3O2S/c1-7-2-9-11(13-6-14-12(9)18-7)15-4-8(5-15)3-10(16)17/h2,6,8H,3-5H2,1H3,(H,16,17). The summed E-state index contributed by atoms with van der Waals surface area (Å²) in [7, 11) is 0. The van der Waals surface area contributed by atoms with Crippen LogP contribution in [0.3, 0.4) is 0 Å². The molecular formula is C12H13N3O2S. The van der Waals surface area contributed by atoms with Crippen LogP contribution >= 0.6 is 11.3 Å².